The molecule has 1 aliphatic carbocycles. The number of aryl methyl sites for hydroxylation is 2. The molecule has 0 amide bonds. The van der Waals surface area contributed by atoms with Crippen molar-refractivity contribution < 1.29 is 14.3 Å². The number of nitrogens with zero attached hydrogens (tertiary/aromatic N) is 2. The van der Waals surface area contributed by atoms with Crippen molar-refractivity contribution in [1.29, 1.82) is 0 Å². The first-order valence-electron chi connectivity index (χ1n) is 9.44. The van der Waals surface area contributed by atoms with Crippen molar-refractivity contribution in [3.05, 3.63) is 51.1 Å². The predicted octanol–water partition coefficient (Wildman–Crippen LogP) is 3.19. The minimum Gasteiger partial charge on any atom is -0.462 e. The van der Waals surface area contributed by atoms with E-state index in [1.807, 2.05) is 30.3 Å². The molecule has 146 valence electrons. The third kappa shape index (κ3) is 3.59. The highest BCUT2D eigenvalue weighted by molar-refractivity contribution is 7.18. The van der Waals surface area contributed by atoms with Crippen LogP contribution in [0, 0.1) is 0 Å². The highest BCUT2D eigenvalue weighted by Crippen LogP contribution is 2.34. The Balaban J connectivity index is 1.83. The Morgan fingerprint density at radius 2 is 1.96 bits per heavy atom. The fourth-order valence-corrected chi connectivity index (χ4v) is 4.86. The van der Waals surface area contributed by atoms with E-state index in [1.165, 1.54) is 9.44 Å². The summed E-state index contributed by atoms with van der Waals surface area (Å²) in [6, 6.07) is 9.49. The first kappa shape index (κ1) is 18.8. The quantitative estimate of drug-likeness (QED) is 0.471. The Hall–Kier alpha value is -2.51. The number of thiophene rings is 1. The lowest BCUT2D eigenvalue weighted by Crippen LogP contribution is -2.28. The molecule has 0 aliphatic heterocycles. The van der Waals surface area contributed by atoms with Crippen LogP contribution in [0.2, 0.25) is 0 Å². The lowest BCUT2D eigenvalue weighted by molar-refractivity contribution is -0.145. The maximum Gasteiger partial charge on any atom is 0.326 e. The maximum atomic E-state index is 13.4. The third-order valence-corrected chi connectivity index (χ3v) is 6.13. The molecule has 0 atom stereocenters. The summed E-state index contributed by atoms with van der Waals surface area (Å²) in [4.78, 5) is 32.6. The molecule has 6 nitrogen and oxygen atoms in total. The molecule has 0 unspecified atom stereocenters. The summed E-state index contributed by atoms with van der Waals surface area (Å²) in [6.07, 6.45) is 4.12. The van der Waals surface area contributed by atoms with Crippen molar-refractivity contribution in [1.82, 2.24) is 9.55 Å². The van der Waals surface area contributed by atoms with E-state index < -0.39 is 5.97 Å². The van der Waals surface area contributed by atoms with Gasteiger partial charge >= 0.3 is 5.97 Å². The van der Waals surface area contributed by atoms with Gasteiger partial charge in [0.2, 0.25) is 0 Å². The topological polar surface area (TPSA) is 70.4 Å². The van der Waals surface area contributed by atoms with Crippen LogP contribution < -0.4 is 5.56 Å². The number of fused-ring (bicyclic) bond motifs is 3. The van der Waals surface area contributed by atoms with Gasteiger partial charge in [0.15, 0.2) is 0 Å². The zero-order valence-corrected chi connectivity index (χ0v) is 16.6. The molecule has 0 fully saturated rings. The monoisotopic (exact) mass is 398 g/mol. The third-order valence-electron chi connectivity index (χ3n) is 4.94. The largest absolute Gasteiger partial charge is 0.462 e. The summed E-state index contributed by atoms with van der Waals surface area (Å²) in [7, 11) is 1.55. The highest BCUT2D eigenvalue weighted by atomic mass is 32.1. The van der Waals surface area contributed by atoms with Crippen molar-refractivity contribution in [3.63, 3.8) is 0 Å². The molecule has 7 heteroatoms. The average Bonchev–Trinajstić information content (AvgIpc) is 3.09. The number of hydrogen-bond acceptors (Lipinski definition) is 6. The Morgan fingerprint density at radius 3 is 2.75 bits per heavy atom. The fraction of sp³-hybridized carbons (Fsp3) is 0.381. The van der Waals surface area contributed by atoms with E-state index in [0.29, 0.717) is 17.8 Å². The molecule has 4 rings (SSSR count). The number of carbonyl (C=O) groups is 1. The molecule has 1 aromatic carbocycles. The molecular formula is C21H22N2O4S. The summed E-state index contributed by atoms with van der Waals surface area (Å²) in [5.74, 6) is 0.0296. The van der Waals surface area contributed by atoms with Gasteiger partial charge in [0.05, 0.1) is 12.0 Å². The van der Waals surface area contributed by atoms with Gasteiger partial charge in [-0.15, -0.1) is 11.3 Å². The van der Waals surface area contributed by atoms with E-state index in [2.05, 4.69) is 0 Å². The molecule has 0 radical (unpaired) electrons. The molecule has 0 N–H and O–H groups in total. The van der Waals surface area contributed by atoms with Crippen molar-refractivity contribution in [2.24, 2.45) is 0 Å². The zero-order chi connectivity index (χ0) is 19.5. The van der Waals surface area contributed by atoms with Crippen LogP contribution in [0.5, 0.6) is 0 Å². The fourth-order valence-electron chi connectivity index (χ4n) is 3.61. The zero-order valence-electron chi connectivity index (χ0n) is 15.8. The minimum absolute atomic E-state index is 0.160. The second-order valence-electron chi connectivity index (χ2n) is 6.80. The number of rotatable bonds is 6. The summed E-state index contributed by atoms with van der Waals surface area (Å²) in [5, 5.41) is 0.670. The van der Waals surface area contributed by atoms with Crippen LogP contribution in [-0.4, -0.2) is 35.8 Å². The van der Waals surface area contributed by atoms with Gasteiger partial charge in [-0.25, -0.2) is 4.98 Å². The Bertz CT molecular complexity index is 1060. The van der Waals surface area contributed by atoms with E-state index in [4.69, 9.17) is 14.5 Å². The van der Waals surface area contributed by atoms with E-state index in [1.54, 1.807) is 18.4 Å². The van der Waals surface area contributed by atoms with Gasteiger partial charge in [-0.1, -0.05) is 30.3 Å². The Labute approximate surface area is 166 Å². The van der Waals surface area contributed by atoms with Gasteiger partial charge in [0.1, 0.15) is 23.8 Å². The molecule has 28 heavy (non-hydrogen) atoms. The van der Waals surface area contributed by atoms with E-state index >= 15 is 0 Å². The smallest absolute Gasteiger partial charge is 0.326 e. The van der Waals surface area contributed by atoms with Gasteiger partial charge < -0.3 is 9.47 Å². The number of hydrogen-bond donors (Lipinski definition) is 0. The number of esters is 1. The van der Waals surface area contributed by atoms with Crippen molar-refractivity contribution in [2.45, 2.75) is 32.2 Å². The second-order valence-corrected chi connectivity index (χ2v) is 7.88. The van der Waals surface area contributed by atoms with Crippen molar-refractivity contribution >= 4 is 27.5 Å². The highest BCUT2D eigenvalue weighted by Gasteiger charge is 2.23. The minimum atomic E-state index is -0.471. The summed E-state index contributed by atoms with van der Waals surface area (Å²) in [6.45, 7) is 0.316. The van der Waals surface area contributed by atoms with Gasteiger partial charge in [0.25, 0.3) is 5.56 Å². The number of methoxy groups -OCH3 is 1. The second kappa shape index (κ2) is 8.24. The molecule has 0 saturated heterocycles. The van der Waals surface area contributed by atoms with Gasteiger partial charge in [-0.05, 0) is 31.2 Å². The van der Waals surface area contributed by atoms with Crippen LogP contribution in [0.1, 0.15) is 23.3 Å². The first-order chi connectivity index (χ1) is 13.7. The molecule has 0 saturated carbocycles. The Morgan fingerprint density at radius 1 is 1.18 bits per heavy atom. The lowest BCUT2D eigenvalue weighted by atomic mass is 9.97. The molecule has 0 spiro atoms. The van der Waals surface area contributed by atoms with Crippen LogP contribution in [0.4, 0.5) is 0 Å². The SMILES string of the molecule is COCCOC(=O)Cn1c(-c2ccccc2)nc2sc3c(c2c1=O)CCCC3. The summed E-state index contributed by atoms with van der Waals surface area (Å²) >= 11 is 1.61. The van der Waals surface area contributed by atoms with Crippen molar-refractivity contribution in [3.8, 4) is 11.4 Å². The van der Waals surface area contributed by atoms with Crippen LogP contribution >= 0.6 is 11.3 Å². The van der Waals surface area contributed by atoms with Crippen LogP contribution in [0.25, 0.3) is 21.6 Å². The number of ether oxygens (including phenoxy) is 2. The van der Waals surface area contributed by atoms with Gasteiger partial charge in [0, 0.05) is 17.6 Å². The van der Waals surface area contributed by atoms with Gasteiger partial charge in [-0.3, -0.25) is 14.2 Å². The van der Waals surface area contributed by atoms with Gasteiger partial charge in [-0.2, -0.15) is 0 Å². The summed E-state index contributed by atoms with van der Waals surface area (Å²) < 4.78 is 11.6. The number of aromatic nitrogens is 2. The standard InChI is InChI=1S/C21H22N2O4S/c1-26-11-12-27-17(24)13-23-19(14-7-3-2-4-8-14)22-20-18(21(23)25)15-9-5-6-10-16(15)28-20/h2-4,7-8H,5-6,9-13H2,1H3. The van der Waals surface area contributed by atoms with Crippen molar-refractivity contribution in [2.75, 3.05) is 20.3 Å². The molecule has 1 aliphatic rings. The number of benzene rings is 1. The first-order valence-corrected chi connectivity index (χ1v) is 10.3. The molecule has 0 bridgehead atoms. The molecule has 2 heterocycles. The lowest BCUT2D eigenvalue weighted by Gasteiger charge is -2.13. The summed E-state index contributed by atoms with van der Waals surface area (Å²) in [5.41, 5.74) is 1.76. The predicted molar refractivity (Wildman–Crippen MR) is 109 cm³/mol. The molecular weight excluding hydrogens is 376 g/mol. The van der Waals surface area contributed by atoms with E-state index in [0.717, 1.165) is 41.6 Å². The van der Waals surface area contributed by atoms with Crippen LogP contribution in [0.3, 0.4) is 0 Å². The molecule has 3 aromatic rings. The van der Waals surface area contributed by atoms with Crippen LogP contribution in [0.15, 0.2) is 35.1 Å². The van der Waals surface area contributed by atoms with E-state index in [9.17, 15) is 9.59 Å². The Kier molecular flexibility index (Phi) is 5.54. The normalized spacial score (nSPS) is 13.5. The maximum absolute atomic E-state index is 13.4. The molecule has 2 aromatic heterocycles. The average molecular weight is 398 g/mol. The van der Waals surface area contributed by atoms with Crippen LogP contribution in [-0.2, 0) is 33.7 Å². The van der Waals surface area contributed by atoms with E-state index in [-0.39, 0.29) is 18.7 Å². The number of carbonyl (C=O) groups excluding carboxylic acids is 1.